The lowest BCUT2D eigenvalue weighted by Crippen LogP contribution is -2.33. The van der Waals surface area contributed by atoms with Crippen LogP contribution in [0, 0.1) is 5.82 Å². The molecule has 0 amide bonds. The van der Waals surface area contributed by atoms with Gasteiger partial charge in [0.25, 0.3) is 5.56 Å². The first-order valence-electron chi connectivity index (χ1n) is 8.58. The average molecular weight is 536 g/mol. The molecule has 0 radical (unpaired) electrons. The number of aromatic nitrogens is 3. The van der Waals surface area contributed by atoms with Crippen molar-refractivity contribution >= 4 is 47.6 Å². The molecule has 2 N–H and O–H groups in total. The number of hydrogen-bond donors (Lipinski definition) is 2. The molecule has 4 aromatic rings. The number of hydrogen-bond acceptors (Lipinski definition) is 5. The summed E-state index contributed by atoms with van der Waals surface area (Å²) < 4.78 is 80.1. The van der Waals surface area contributed by atoms with Gasteiger partial charge in [-0.2, -0.15) is 13.2 Å². The van der Waals surface area contributed by atoms with Gasteiger partial charge in [-0.1, -0.05) is 4.73 Å². The standard InChI is InChI=1S/C18H10BrF4N3O5S/c19-10-1-2-13(15-14(10)16(27)26(29)17(28)24-15)32(30,31)8-5-11(20)9-3-4-25(12(9)6-8)7-18(21,22)23/h1-6,29H,7H2,(H,24,28). The highest BCUT2D eigenvalue weighted by atomic mass is 79.9. The van der Waals surface area contributed by atoms with Gasteiger partial charge in [-0.05, 0) is 46.3 Å². The Morgan fingerprint density at radius 3 is 2.47 bits per heavy atom. The van der Waals surface area contributed by atoms with E-state index in [-0.39, 0.29) is 25.5 Å². The van der Waals surface area contributed by atoms with Gasteiger partial charge in [0, 0.05) is 16.1 Å². The van der Waals surface area contributed by atoms with Crippen molar-refractivity contribution in [1.82, 2.24) is 14.3 Å². The second-order valence-corrected chi connectivity index (χ2v) is 9.52. The number of nitrogens with zero attached hydrogens (tertiary/aromatic N) is 2. The van der Waals surface area contributed by atoms with E-state index in [2.05, 4.69) is 20.9 Å². The van der Waals surface area contributed by atoms with Crippen LogP contribution in [0.2, 0.25) is 0 Å². The van der Waals surface area contributed by atoms with Gasteiger partial charge in [-0.15, -0.1) is 0 Å². The molecule has 0 fully saturated rings. The molecule has 0 spiro atoms. The number of halogens is 5. The van der Waals surface area contributed by atoms with Crippen LogP contribution in [0.1, 0.15) is 0 Å². The van der Waals surface area contributed by atoms with Crippen molar-refractivity contribution in [2.45, 2.75) is 22.5 Å². The van der Waals surface area contributed by atoms with Crippen LogP contribution in [0.15, 0.2) is 60.4 Å². The molecule has 0 saturated heterocycles. The first-order valence-corrected chi connectivity index (χ1v) is 10.9. The van der Waals surface area contributed by atoms with Gasteiger partial charge in [-0.25, -0.2) is 17.6 Å². The molecule has 0 aliphatic rings. The average Bonchev–Trinajstić information content (AvgIpc) is 3.07. The van der Waals surface area contributed by atoms with E-state index in [0.29, 0.717) is 10.6 Å². The summed E-state index contributed by atoms with van der Waals surface area (Å²) in [5, 5.41) is 8.94. The predicted molar refractivity (Wildman–Crippen MR) is 107 cm³/mol. The third-order valence-electron chi connectivity index (χ3n) is 4.71. The lowest BCUT2D eigenvalue weighted by Gasteiger charge is -2.12. The molecule has 0 bridgehead atoms. The molecule has 2 heterocycles. The highest BCUT2D eigenvalue weighted by Crippen LogP contribution is 2.33. The minimum Gasteiger partial charge on any atom is -0.421 e. The third kappa shape index (κ3) is 3.48. The maximum absolute atomic E-state index is 14.6. The Balaban J connectivity index is 2.02. The quantitative estimate of drug-likeness (QED) is 0.309. The molecule has 0 saturated carbocycles. The number of H-pyrrole nitrogens is 1. The second kappa shape index (κ2) is 7.20. The Hall–Kier alpha value is -3.13. The Morgan fingerprint density at radius 1 is 1.12 bits per heavy atom. The summed E-state index contributed by atoms with van der Waals surface area (Å²) in [4.78, 5) is 24.9. The van der Waals surface area contributed by atoms with Crippen molar-refractivity contribution in [3.8, 4) is 0 Å². The zero-order valence-corrected chi connectivity index (χ0v) is 17.8. The van der Waals surface area contributed by atoms with Gasteiger partial charge >= 0.3 is 11.9 Å². The van der Waals surface area contributed by atoms with Crippen LogP contribution in [-0.2, 0) is 16.4 Å². The SMILES string of the molecule is O=c1[nH]c2c(S(=O)(=O)c3cc(F)c4ccn(CC(F)(F)F)c4c3)ccc(Br)c2c(=O)n1O. The van der Waals surface area contributed by atoms with Crippen molar-refractivity contribution < 1.29 is 31.2 Å². The molecule has 2 aromatic carbocycles. The van der Waals surface area contributed by atoms with E-state index in [9.17, 15) is 40.8 Å². The number of sulfone groups is 1. The van der Waals surface area contributed by atoms with Crippen LogP contribution < -0.4 is 11.2 Å². The predicted octanol–water partition coefficient (Wildman–Crippen LogP) is 3.18. The Labute approximate surface area is 183 Å². The zero-order chi connectivity index (χ0) is 23.6. The second-order valence-electron chi connectivity index (χ2n) is 6.74. The minimum atomic E-state index is -4.64. The molecule has 8 nitrogen and oxygen atoms in total. The molecule has 2 aromatic heterocycles. The van der Waals surface area contributed by atoms with Gasteiger partial charge in [-0.3, -0.25) is 4.79 Å². The van der Waals surface area contributed by atoms with Gasteiger partial charge < -0.3 is 14.8 Å². The van der Waals surface area contributed by atoms with E-state index in [0.717, 1.165) is 30.5 Å². The molecule has 0 atom stereocenters. The summed E-state index contributed by atoms with van der Waals surface area (Å²) in [6, 6.07) is 4.78. The smallest absolute Gasteiger partial charge is 0.406 e. The molecule has 0 aliphatic heterocycles. The fourth-order valence-corrected chi connectivity index (χ4v) is 5.26. The number of benzene rings is 2. The largest absolute Gasteiger partial charge is 0.421 e. The molecular formula is C18H10BrF4N3O5S. The van der Waals surface area contributed by atoms with Crippen LogP contribution in [0.5, 0.6) is 0 Å². The highest BCUT2D eigenvalue weighted by Gasteiger charge is 2.30. The maximum Gasteiger partial charge on any atom is 0.406 e. The number of rotatable bonds is 3. The summed E-state index contributed by atoms with van der Waals surface area (Å²) in [7, 11) is -4.64. The molecule has 4 rings (SSSR count). The lowest BCUT2D eigenvalue weighted by atomic mass is 10.2. The van der Waals surface area contributed by atoms with E-state index in [1.165, 1.54) is 0 Å². The van der Waals surface area contributed by atoms with Gasteiger partial charge in [0.2, 0.25) is 9.84 Å². The molecule has 168 valence electrons. The van der Waals surface area contributed by atoms with Crippen LogP contribution in [0.25, 0.3) is 21.8 Å². The fraction of sp³-hybridized carbons (Fsp3) is 0.111. The van der Waals surface area contributed by atoms with Crippen LogP contribution >= 0.6 is 15.9 Å². The number of fused-ring (bicyclic) bond motifs is 2. The summed E-state index contributed by atoms with van der Waals surface area (Å²) in [5.74, 6) is -1.07. The van der Waals surface area contributed by atoms with E-state index in [1.54, 1.807) is 0 Å². The first kappa shape index (κ1) is 22.1. The molecule has 14 heteroatoms. The Bertz CT molecular complexity index is 1640. The lowest BCUT2D eigenvalue weighted by molar-refractivity contribution is -0.139. The number of alkyl halides is 3. The maximum atomic E-state index is 14.6. The Morgan fingerprint density at radius 2 is 1.81 bits per heavy atom. The number of aromatic amines is 1. The van der Waals surface area contributed by atoms with Crippen molar-refractivity contribution in [2.24, 2.45) is 0 Å². The summed E-state index contributed by atoms with van der Waals surface area (Å²) >= 11 is 3.03. The third-order valence-corrected chi connectivity index (χ3v) is 7.14. The van der Waals surface area contributed by atoms with Gasteiger partial charge in [0.1, 0.15) is 12.4 Å². The monoisotopic (exact) mass is 535 g/mol. The molecule has 32 heavy (non-hydrogen) atoms. The van der Waals surface area contributed by atoms with E-state index in [4.69, 9.17) is 0 Å². The molecule has 0 unspecified atom stereocenters. The molecular weight excluding hydrogens is 526 g/mol. The van der Waals surface area contributed by atoms with Crippen molar-refractivity contribution in [3.05, 3.63) is 67.7 Å². The van der Waals surface area contributed by atoms with Crippen LogP contribution in [-0.4, -0.2) is 34.1 Å². The first-order chi connectivity index (χ1) is 14.8. The van der Waals surface area contributed by atoms with Gasteiger partial charge in [0.05, 0.1) is 26.2 Å². The van der Waals surface area contributed by atoms with Crippen LogP contribution in [0.4, 0.5) is 17.6 Å². The van der Waals surface area contributed by atoms with Crippen molar-refractivity contribution in [1.29, 1.82) is 0 Å². The van der Waals surface area contributed by atoms with Crippen molar-refractivity contribution in [3.63, 3.8) is 0 Å². The summed E-state index contributed by atoms with van der Waals surface area (Å²) in [6.07, 6.45) is -3.66. The van der Waals surface area contributed by atoms with E-state index >= 15 is 0 Å². The normalized spacial score (nSPS) is 12.7. The fourth-order valence-electron chi connectivity index (χ4n) is 3.31. The van der Waals surface area contributed by atoms with E-state index in [1.807, 2.05) is 0 Å². The van der Waals surface area contributed by atoms with E-state index < -0.39 is 54.9 Å². The van der Waals surface area contributed by atoms with Crippen molar-refractivity contribution in [2.75, 3.05) is 0 Å². The molecule has 0 aliphatic carbocycles. The topological polar surface area (TPSA) is 114 Å². The van der Waals surface area contributed by atoms with Crippen LogP contribution in [0.3, 0.4) is 0 Å². The highest BCUT2D eigenvalue weighted by molar-refractivity contribution is 9.10. The number of nitrogens with one attached hydrogen (secondary N) is 1. The zero-order valence-electron chi connectivity index (χ0n) is 15.4. The minimum absolute atomic E-state index is 0.0520. The summed E-state index contributed by atoms with van der Waals surface area (Å²) in [6.45, 7) is -1.47. The van der Waals surface area contributed by atoms with Gasteiger partial charge in [0.15, 0.2) is 0 Å². The Kier molecular flexibility index (Phi) is 4.97. The summed E-state index contributed by atoms with van der Waals surface area (Å²) in [5.41, 5.74) is -3.31.